The molecule has 0 aliphatic carbocycles. The third-order valence-corrected chi connectivity index (χ3v) is 3.37. The van der Waals surface area contributed by atoms with Crippen LogP contribution in [0.5, 0.6) is 0 Å². The molecule has 0 aliphatic heterocycles. The fraction of sp³-hybridized carbons (Fsp3) is 0.143. The molecule has 5 heteroatoms. The monoisotopic (exact) mass is 294 g/mol. The average molecular weight is 295 g/mol. The molecule has 0 unspecified atom stereocenters. The lowest BCUT2D eigenvalue weighted by Crippen LogP contribution is -2.27. The molecular formula is C14H12Cl2N2O. The van der Waals surface area contributed by atoms with E-state index in [4.69, 9.17) is 23.2 Å². The van der Waals surface area contributed by atoms with Gasteiger partial charge in [0, 0.05) is 11.2 Å². The van der Waals surface area contributed by atoms with Gasteiger partial charge in [0.05, 0.1) is 11.6 Å². The van der Waals surface area contributed by atoms with Crippen LogP contribution in [-0.2, 0) is 0 Å². The van der Waals surface area contributed by atoms with Crippen LogP contribution in [0, 0.1) is 0 Å². The Labute approximate surface area is 121 Å². The van der Waals surface area contributed by atoms with Gasteiger partial charge in [0.25, 0.3) is 5.91 Å². The van der Waals surface area contributed by atoms with Gasteiger partial charge in [0.2, 0.25) is 0 Å². The van der Waals surface area contributed by atoms with Crippen molar-refractivity contribution < 1.29 is 4.79 Å². The van der Waals surface area contributed by atoms with Gasteiger partial charge in [-0.2, -0.15) is 0 Å². The van der Waals surface area contributed by atoms with E-state index in [0.29, 0.717) is 10.6 Å². The number of carbonyl (C=O) groups excluding carboxylic acids is 1. The van der Waals surface area contributed by atoms with Crippen LogP contribution in [0.2, 0.25) is 10.2 Å². The Morgan fingerprint density at radius 3 is 2.63 bits per heavy atom. The van der Waals surface area contributed by atoms with E-state index in [1.807, 2.05) is 25.1 Å². The topological polar surface area (TPSA) is 42.0 Å². The zero-order chi connectivity index (χ0) is 13.8. The first-order chi connectivity index (χ1) is 9.09. The van der Waals surface area contributed by atoms with Crippen molar-refractivity contribution in [3.8, 4) is 0 Å². The van der Waals surface area contributed by atoms with Gasteiger partial charge >= 0.3 is 0 Å². The summed E-state index contributed by atoms with van der Waals surface area (Å²) in [6, 6.07) is 10.5. The summed E-state index contributed by atoms with van der Waals surface area (Å²) < 4.78 is 0. The van der Waals surface area contributed by atoms with E-state index in [2.05, 4.69) is 10.3 Å². The third kappa shape index (κ3) is 3.25. The van der Waals surface area contributed by atoms with Gasteiger partial charge in [-0.1, -0.05) is 41.4 Å². The van der Waals surface area contributed by atoms with Crippen LogP contribution in [0.1, 0.15) is 28.9 Å². The molecule has 19 heavy (non-hydrogen) atoms. The molecule has 3 nitrogen and oxygen atoms in total. The van der Waals surface area contributed by atoms with Crippen molar-refractivity contribution in [1.29, 1.82) is 0 Å². The molecule has 0 fully saturated rings. The number of amides is 1. The summed E-state index contributed by atoms with van der Waals surface area (Å²) in [5.41, 5.74) is 1.21. The number of rotatable bonds is 3. The van der Waals surface area contributed by atoms with E-state index >= 15 is 0 Å². The molecule has 2 aromatic rings. The van der Waals surface area contributed by atoms with Crippen LogP contribution in [-0.4, -0.2) is 10.9 Å². The number of carbonyl (C=O) groups is 1. The molecule has 1 atom stereocenters. The molecule has 0 radical (unpaired) electrons. The lowest BCUT2D eigenvalue weighted by atomic mass is 10.1. The summed E-state index contributed by atoms with van der Waals surface area (Å²) in [7, 11) is 0. The largest absolute Gasteiger partial charge is 0.345 e. The molecule has 1 aromatic carbocycles. The highest BCUT2D eigenvalue weighted by atomic mass is 35.5. The van der Waals surface area contributed by atoms with E-state index in [1.54, 1.807) is 18.2 Å². The number of nitrogens with one attached hydrogen (secondary N) is 1. The Morgan fingerprint density at radius 1 is 1.21 bits per heavy atom. The molecule has 0 bridgehead atoms. The minimum atomic E-state index is -0.273. The highest BCUT2D eigenvalue weighted by Gasteiger charge is 2.15. The average Bonchev–Trinajstić information content (AvgIpc) is 2.39. The van der Waals surface area contributed by atoms with Crippen LogP contribution >= 0.6 is 23.2 Å². The minimum Gasteiger partial charge on any atom is -0.345 e. The SMILES string of the molecule is C[C@@H](NC(=O)c1cccnc1Cl)c1ccccc1Cl. The fourth-order valence-electron chi connectivity index (χ4n) is 1.73. The smallest absolute Gasteiger partial charge is 0.254 e. The molecular weight excluding hydrogens is 283 g/mol. The zero-order valence-corrected chi connectivity index (χ0v) is 11.7. The van der Waals surface area contributed by atoms with E-state index in [0.717, 1.165) is 5.56 Å². The highest BCUT2D eigenvalue weighted by Crippen LogP contribution is 2.23. The number of aromatic nitrogens is 1. The van der Waals surface area contributed by atoms with Gasteiger partial charge in [0.1, 0.15) is 5.15 Å². The number of hydrogen-bond donors (Lipinski definition) is 1. The quantitative estimate of drug-likeness (QED) is 0.873. The lowest BCUT2D eigenvalue weighted by Gasteiger charge is -2.15. The van der Waals surface area contributed by atoms with Crippen LogP contribution in [0.15, 0.2) is 42.6 Å². The Morgan fingerprint density at radius 2 is 1.95 bits per heavy atom. The minimum absolute atomic E-state index is 0.186. The fourth-order valence-corrected chi connectivity index (χ4v) is 2.24. The van der Waals surface area contributed by atoms with E-state index in [1.165, 1.54) is 6.20 Å². The van der Waals surface area contributed by atoms with Crippen molar-refractivity contribution in [2.24, 2.45) is 0 Å². The molecule has 0 saturated carbocycles. The summed E-state index contributed by atoms with van der Waals surface area (Å²) in [4.78, 5) is 16.0. The maximum absolute atomic E-state index is 12.1. The molecule has 2 rings (SSSR count). The number of benzene rings is 1. The molecule has 1 amide bonds. The number of hydrogen-bond acceptors (Lipinski definition) is 2. The molecule has 0 spiro atoms. The van der Waals surface area contributed by atoms with Crippen LogP contribution < -0.4 is 5.32 Å². The zero-order valence-electron chi connectivity index (χ0n) is 10.2. The molecule has 1 aromatic heterocycles. The standard InChI is InChI=1S/C14H12Cl2N2O/c1-9(10-5-2-3-7-12(10)15)18-14(19)11-6-4-8-17-13(11)16/h2-9H,1H3,(H,18,19)/t9-/m1/s1. The Balaban J connectivity index is 2.16. The number of nitrogens with zero attached hydrogens (tertiary/aromatic N) is 1. The summed E-state index contributed by atoms with van der Waals surface area (Å²) >= 11 is 12.0. The highest BCUT2D eigenvalue weighted by molar-refractivity contribution is 6.32. The Hall–Kier alpha value is -1.58. The maximum Gasteiger partial charge on any atom is 0.254 e. The second-order valence-corrected chi connectivity index (χ2v) is 4.82. The van der Waals surface area contributed by atoms with Crippen molar-refractivity contribution in [3.05, 3.63) is 63.9 Å². The molecule has 0 aliphatic rings. The van der Waals surface area contributed by atoms with Crippen molar-refractivity contribution in [2.45, 2.75) is 13.0 Å². The number of halogens is 2. The second-order valence-electron chi connectivity index (χ2n) is 4.06. The van der Waals surface area contributed by atoms with Crippen LogP contribution in [0.3, 0.4) is 0 Å². The van der Waals surface area contributed by atoms with E-state index in [-0.39, 0.29) is 17.1 Å². The van der Waals surface area contributed by atoms with Gasteiger partial charge in [-0.25, -0.2) is 4.98 Å². The van der Waals surface area contributed by atoms with Gasteiger partial charge in [0.15, 0.2) is 0 Å². The summed E-state index contributed by atoms with van der Waals surface area (Å²) in [6.07, 6.45) is 1.54. The predicted octanol–water partition coefficient (Wildman–Crippen LogP) is 3.88. The molecule has 1 N–H and O–H groups in total. The lowest BCUT2D eigenvalue weighted by molar-refractivity contribution is 0.0939. The van der Waals surface area contributed by atoms with Crippen molar-refractivity contribution in [1.82, 2.24) is 10.3 Å². The first-order valence-corrected chi connectivity index (χ1v) is 6.51. The number of pyridine rings is 1. The van der Waals surface area contributed by atoms with Crippen LogP contribution in [0.4, 0.5) is 0 Å². The Kier molecular flexibility index (Phi) is 4.40. The van der Waals surface area contributed by atoms with Gasteiger partial charge in [-0.05, 0) is 30.7 Å². The summed E-state index contributed by atoms with van der Waals surface area (Å²) in [6.45, 7) is 1.86. The molecule has 98 valence electrons. The van der Waals surface area contributed by atoms with Gasteiger partial charge in [-0.15, -0.1) is 0 Å². The van der Waals surface area contributed by atoms with Crippen molar-refractivity contribution in [3.63, 3.8) is 0 Å². The first-order valence-electron chi connectivity index (χ1n) is 5.75. The predicted molar refractivity (Wildman–Crippen MR) is 76.6 cm³/mol. The molecule has 1 heterocycles. The molecule has 0 saturated heterocycles. The third-order valence-electron chi connectivity index (χ3n) is 2.72. The normalized spacial score (nSPS) is 11.9. The summed E-state index contributed by atoms with van der Waals surface area (Å²) in [5.74, 6) is -0.273. The first kappa shape index (κ1) is 13.8. The Bertz CT molecular complexity index is 602. The van der Waals surface area contributed by atoms with Crippen molar-refractivity contribution >= 4 is 29.1 Å². The van der Waals surface area contributed by atoms with E-state index < -0.39 is 0 Å². The maximum atomic E-state index is 12.1. The van der Waals surface area contributed by atoms with Gasteiger partial charge in [-0.3, -0.25) is 4.79 Å². The van der Waals surface area contributed by atoms with E-state index in [9.17, 15) is 4.79 Å². The van der Waals surface area contributed by atoms with Gasteiger partial charge < -0.3 is 5.32 Å². The second kappa shape index (κ2) is 6.04. The summed E-state index contributed by atoms with van der Waals surface area (Å²) in [5, 5.41) is 3.65. The van der Waals surface area contributed by atoms with Crippen molar-refractivity contribution in [2.75, 3.05) is 0 Å². The van der Waals surface area contributed by atoms with Crippen LogP contribution in [0.25, 0.3) is 0 Å².